The van der Waals surface area contributed by atoms with Gasteiger partial charge in [-0.15, -0.1) is 11.3 Å². The summed E-state index contributed by atoms with van der Waals surface area (Å²) in [6, 6.07) is 15.3. The summed E-state index contributed by atoms with van der Waals surface area (Å²) in [5.74, 6) is -1.54. The maximum atomic E-state index is 13.3. The second-order valence-corrected chi connectivity index (χ2v) is 8.45. The van der Waals surface area contributed by atoms with E-state index in [9.17, 15) is 19.5 Å². The fourth-order valence-corrected chi connectivity index (χ4v) is 4.19. The average Bonchev–Trinajstić information content (AvgIpc) is 3.42. The minimum Gasteiger partial charge on any atom is -0.493 e. The van der Waals surface area contributed by atoms with Crippen LogP contribution in [0.25, 0.3) is 11.3 Å². The zero-order valence-corrected chi connectivity index (χ0v) is 19.3. The lowest BCUT2D eigenvalue weighted by molar-refractivity contribution is -0.119. The van der Waals surface area contributed by atoms with Crippen LogP contribution >= 0.6 is 11.3 Å². The highest BCUT2D eigenvalue weighted by Crippen LogP contribution is 2.30. The van der Waals surface area contributed by atoms with Crippen molar-refractivity contribution in [2.24, 2.45) is 0 Å². The molecule has 9 nitrogen and oxygen atoms in total. The number of ether oxygens (including phenoxy) is 1. The Morgan fingerprint density at radius 1 is 1.18 bits per heavy atom. The summed E-state index contributed by atoms with van der Waals surface area (Å²) in [6.45, 7) is 1.93. The van der Waals surface area contributed by atoms with Gasteiger partial charge >= 0.3 is 11.7 Å². The number of benzene rings is 2. The van der Waals surface area contributed by atoms with E-state index >= 15 is 0 Å². The number of carbonyl (C=O) groups is 2. The summed E-state index contributed by atoms with van der Waals surface area (Å²) in [5.41, 5.74) is 2.09. The number of aromatic amines is 1. The molecule has 0 aliphatic rings. The zero-order chi connectivity index (χ0) is 24.2. The topological polar surface area (TPSA) is 126 Å². The van der Waals surface area contributed by atoms with Gasteiger partial charge < -0.3 is 20.1 Å². The summed E-state index contributed by atoms with van der Waals surface area (Å²) in [6.07, 6.45) is 0.139. The van der Waals surface area contributed by atoms with Crippen LogP contribution in [0, 0.1) is 6.92 Å². The number of aromatic nitrogens is 3. The molecule has 3 N–H and O–H groups in total. The van der Waals surface area contributed by atoms with E-state index in [0.717, 1.165) is 27.0 Å². The molecule has 1 amide bonds. The highest BCUT2D eigenvalue weighted by Gasteiger charge is 2.29. The molecular formula is C24H22N4O5S. The SMILES string of the molecule is COC(=O)c1csc(NC(=O)[C@H](Cc2ccccc2)n2c(O)c(-c3ccc(C)cc3)[nH]c2=O)n1. The number of aromatic hydroxyl groups is 1. The van der Waals surface area contributed by atoms with Crippen molar-refractivity contribution in [2.75, 3.05) is 12.4 Å². The van der Waals surface area contributed by atoms with Gasteiger partial charge in [-0.2, -0.15) is 0 Å². The Hall–Kier alpha value is -4.18. The smallest absolute Gasteiger partial charge is 0.357 e. The van der Waals surface area contributed by atoms with Crippen molar-refractivity contribution in [3.63, 3.8) is 0 Å². The third-order valence-corrected chi connectivity index (χ3v) is 6.02. The molecule has 0 saturated carbocycles. The highest BCUT2D eigenvalue weighted by atomic mass is 32.1. The van der Waals surface area contributed by atoms with Gasteiger partial charge in [0.1, 0.15) is 11.7 Å². The van der Waals surface area contributed by atoms with Gasteiger partial charge in [-0.3, -0.25) is 4.79 Å². The molecule has 174 valence electrons. The third-order valence-electron chi connectivity index (χ3n) is 5.26. The fourth-order valence-electron chi connectivity index (χ4n) is 3.51. The Kier molecular flexibility index (Phi) is 6.60. The number of nitrogens with one attached hydrogen (secondary N) is 2. The van der Waals surface area contributed by atoms with Gasteiger partial charge in [-0.05, 0) is 12.5 Å². The normalized spacial score (nSPS) is 11.7. The summed E-state index contributed by atoms with van der Waals surface area (Å²) < 4.78 is 5.68. The van der Waals surface area contributed by atoms with Crippen LogP contribution in [0.2, 0.25) is 0 Å². The lowest BCUT2D eigenvalue weighted by Gasteiger charge is -2.18. The Bertz CT molecular complexity index is 1370. The van der Waals surface area contributed by atoms with Gasteiger partial charge in [0.05, 0.1) is 7.11 Å². The maximum Gasteiger partial charge on any atom is 0.357 e. The van der Waals surface area contributed by atoms with E-state index in [2.05, 4.69) is 20.0 Å². The Morgan fingerprint density at radius 2 is 1.88 bits per heavy atom. The van der Waals surface area contributed by atoms with Gasteiger partial charge in [0.25, 0.3) is 0 Å². The number of hydrogen-bond acceptors (Lipinski definition) is 7. The van der Waals surface area contributed by atoms with Crippen LogP contribution in [-0.2, 0) is 16.0 Å². The number of hydrogen-bond donors (Lipinski definition) is 3. The van der Waals surface area contributed by atoms with Crippen molar-refractivity contribution in [3.05, 3.63) is 87.3 Å². The van der Waals surface area contributed by atoms with E-state index < -0.39 is 23.6 Å². The molecule has 0 saturated heterocycles. The number of aryl methyl sites for hydroxylation is 1. The van der Waals surface area contributed by atoms with Crippen LogP contribution < -0.4 is 11.0 Å². The number of amides is 1. The molecule has 0 unspecified atom stereocenters. The van der Waals surface area contributed by atoms with Gasteiger partial charge in [0, 0.05) is 17.4 Å². The number of anilines is 1. The molecule has 4 rings (SSSR count). The second-order valence-electron chi connectivity index (χ2n) is 7.59. The zero-order valence-electron chi connectivity index (χ0n) is 18.4. The second kappa shape index (κ2) is 9.75. The van der Waals surface area contributed by atoms with Gasteiger partial charge in [-0.1, -0.05) is 60.2 Å². The molecule has 0 spiro atoms. The summed E-state index contributed by atoms with van der Waals surface area (Å²) in [4.78, 5) is 44.6. The number of H-pyrrole nitrogens is 1. The van der Waals surface area contributed by atoms with Gasteiger partial charge in [0.2, 0.25) is 11.8 Å². The molecule has 2 heterocycles. The lowest BCUT2D eigenvalue weighted by atomic mass is 10.0. The lowest BCUT2D eigenvalue weighted by Crippen LogP contribution is -2.33. The predicted octanol–water partition coefficient (Wildman–Crippen LogP) is 3.52. The van der Waals surface area contributed by atoms with E-state index in [1.54, 1.807) is 12.1 Å². The molecule has 0 radical (unpaired) electrons. The highest BCUT2D eigenvalue weighted by molar-refractivity contribution is 7.14. The summed E-state index contributed by atoms with van der Waals surface area (Å²) >= 11 is 1.05. The van der Waals surface area contributed by atoms with Crippen molar-refractivity contribution in [3.8, 4) is 17.1 Å². The minimum atomic E-state index is -1.09. The molecule has 0 bridgehead atoms. The van der Waals surface area contributed by atoms with Crippen molar-refractivity contribution in [1.82, 2.24) is 14.5 Å². The van der Waals surface area contributed by atoms with E-state index in [1.807, 2.05) is 49.4 Å². The van der Waals surface area contributed by atoms with Gasteiger partial charge in [-0.25, -0.2) is 19.1 Å². The first-order valence-corrected chi connectivity index (χ1v) is 11.2. The van der Waals surface area contributed by atoms with Crippen LogP contribution in [0.4, 0.5) is 5.13 Å². The van der Waals surface area contributed by atoms with Gasteiger partial charge in [0.15, 0.2) is 10.8 Å². The first kappa shape index (κ1) is 23.0. The van der Waals surface area contributed by atoms with E-state index in [4.69, 9.17) is 0 Å². The predicted molar refractivity (Wildman–Crippen MR) is 128 cm³/mol. The van der Waals surface area contributed by atoms with Crippen molar-refractivity contribution in [1.29, 1.82) is 0 Å². The molecule has 2 aromatic carbocycles. The monoisotopic (exact) mass is 478 g/mol. The summed E-state index contributed by atoms with van der Waals surface area (Å²) in [5, 5.41) is 15.3. The van der Waals surface area contributed by atoms with Crippen LogP contribution in [0.3, 0.4) is 0 Å². The van der Waals surface area contributed by atoms with Crippen LogP contribution in [0.5, 0.6) is 5.88 Å². The Labute approximate surface area is 198 Å². The molecule has 34 heavy (non-hydrogen) atoms. The molecular weight excluding hydrogens is 456 g/mol. The molecule has 0 aliphatic heterocycles. The standard InChI is InChI=1S/C24H22N4O5S/c1-14-8-10-16(11-9-14)19-21(30)28(24(32)26-19)18(12-15-6-4-3-5-7-15)20(29)27-23-25-17(13-34-23)22(31)33-2/h3-11,13,18,30H,12H2,1-2H3,(H,26,32)(H,25,27,29)/t18-/m0/s1. The molecule has 0 fully saturated rings. The Balaban J connectivity index is 1.71. The average molecular weight is 479 g/mol. The van der Waals surface area contributed by atoms with E-state index in [-0.39, 0.29) is 28.8 Å². The Morgan fingerprint density at radius 3 is 2.56 bits per heavy atom. The molecule has 4 aromatic rings. The number of imidazole rings is 1. The molecule has 0 aliphatic carbocycles. The minimum absolute atomic E-state index is 0.0609. The number of esters is 1. The van der Waals surface area contributed by atoms with Crippen LogP contribution in [-0.4, -0.2) is 38.6 Å². The number of thiazole rings is 1. The maximum absolute atomic E-state index is 13.3. The van der Waals surface area contributed by atoms with Crippen LogP contribution in [0.15, 0.2) is 64.8 Å². The van der Waals surface area contributed by atoms with Crippen molar-refractivity contribution < 1.29 is 19.4 Å². The first-order chi connectivity index (χ1) is 16.4. The van der Waals surface area contributed by atoms with E-state index in [1.165, 1.54) is 12.5 Å². The van der Waals surface area contributed by atoms with Crippen molar-refractivity contribution >= 4 is 28.3 Å². The first-order valence-electron chi connectivity index (χ1n) is 10.4. The fraction of sp³-hybridized carbons (Fsp3) is 0.167. The van der Waals surface area contributed by atoms with E-state index in [0.29, 0.717) is 5.56 Å². The number of methoxy groups -OCH3 is 1. The number of carbonyl (C=O) groups excluding carboxylic acids is 2. The molecule has 1 atom stereocenters. The number of rotatable bonds is 7. The quantitative estimate of drug-likeness (QED) is 0.349. The van der Waals surface area contributed by atoms with Crippen LogP contribution in [0.1, 0.15) is 27.7 Å². The largest absolute Gasteiger partial charge is 0.493 e. The number of nitrogens with zero attached hydrogens (tertiary/aromatic N) is 2. The van der Waals surface area contributed by atoms with Crippen molar-refractivity contribution in [2.45, 2.75) is 19.4 Å². The third kappa shape index (κ3) is 4.76. The summed E-state index contributed by atoms with van der Waals surface area (Å²) in [7, 11) is 1.24. The molecule has 10 heteroatoms. The molecule has 2 aromatic heterocycles.